The van der Waals surface area contributed by atoms with Crippen molar-refractivity contribution in [2.75, 3.05) is 13.1 Å². The van der Waals surface area contributed by atoms with Gasteiger partial charge in [-0.1, -0.05) is 17.3 Å². The topological polar surface area (TPSA) is 94.1 Å². The van der Waals surface area contributed by atoms with E-state index in [-0.39, 0.29) is 11.8 Å². The van der Waals surface area contributed by atoms with Crippen LogP contribution in [0, 0.1) is 0 Å². The molecule has 0 bridgehead atoms. The average molecular weight is 376 g/mol. The summed E-state index contributed by atoms with van der Waals surface area (Å²) in [5, 5.41) is 12.7. The Balaban J connectivity index is 1.40. The number of piperidine rings is 1. The normalized spacial score (nSPS) is 18.6. The molecule has 0 unspecified atom stereocenters. The van der Waals surface area contributed by atoms with Crippen LogP contribution >= 0.6 is 0 Å². The molecular weight excluding hydrogens is 356 g/mol. The van der Waals surface area contributed by atoms with Crippen molar-refractivity contribution in [2.45, 2.75) is 31.7 Å². The third-order valence-electron chi connectivity index (χ3n) is 5.46. The first-order chi connectivity index (χ1) is 13.7. The maximum atomic E-state index is 13.2. The van der Waals surface area contributed by atoms with Crippen LogP contribution in [0.1, 0.15) is 37.4 Å². The van der Waals surface area contributed by atoms with Crippen LogP contribution in [0.4, 0.5) is 0 Å². The number of carbonyl (C=O) groups is 1. The van der Waals surface area contributed by atoms with E-state index in [0.29, 0.717) is 12.3 Å². The van der Waals surface area contributed by atoms with Gasteiger partial charge in [-0.3, -0.25) is 4.79 Å². The van der Waals surface area contributed by atoms with E-state index in [4.69, 9.17) is 0 Å². The Morgan fingerprint density at radius 1 is 1.21 bits per heavy atom. The van der Waals surface area contributed by atoms with E-state index >= 15 is 0 Å². The first-order valence-electron chi connectivity index (χ1n) is 9.46. The minimum Gasteiger partial charge on any atom is -0.340 e. The maximum Gasteiger partial charge on any atom is 0.252 e. The van der Waals surface area contributed by atoms with Crippen molar-refractivity contribution in [2.24, 2.45) is 0 Å². The number of rotatable bonds is 3. The van der Waals surface area contributed by atoms with Crippen molar-refractivity contribution >= 4 is 22.7 Å². The van der Waals surface area contributed by atoms with E-state index in [1.165, 1.54) is 6.33 Å². The predicted octanol–water partition coefficient (Wildman–Crippen LogP) is 1.84. The number of aromatic nitrogens is 7. The molecule has 9 nitrogen and oxygen atoms in total. The Morgan fingerprint density at radius 3 is 3.04 bits per heavy atom. The Labute approximate surface area is 161 Å². The molecule has 1 aliphatic rings. The number of likely N-dealkylation sites (tertiary alicyclic amines) is 1. The van der Waals surface area contributed by atoms with Crippen molar-refractivity contribution < 1.29 is 4.79 Å². The van der Waals surface area contributed by atoms with Gasteiger partial charge in [-0.15, -0.1) is 5.10 Å². The summed E-state index contributed by atoms with van der Waals surface area (Å²) in [5.41, 5.74) is 2.71. The van der Waals surface area contributed by atoms with Gasteiger partial charge in [0.15, 0.2) is 0 Å². The fourth-order valence-electron chi connectivity index (χ4n) is 4.03. The lowest BCUT2D eigenvalue weighted by Crippen LogP contribution is -2.42. The van der Waals surface area contributed by atoms with Gasteiger partial charge in [-0.2, -0.15) is 10.1 Å². The van der Waals surface area contributed by atoms with Gasteiger partial charge in [0.1, 0.15) is 17.9 Å². The molecule has 9 heteroatoms. The van der Waals surface area contributed by atoms with Gasteiger partial charge < -0.3 is 4.90 Å². The molecule has 0 aliphatic carbocycles. The lowest BCUT2D eigenvalue weighted by atomic mass is 9.94. The first kappa shape index (κ1) is 16.8. The van der Waals surface area contributed by atoms with Gasteiger partial charge in [0.05, 0.1) is 11.2 Å². The van der Waals surface area contributed by atoms with Crippen molar-refractivity contribution in [3.8, 4) is 0 Å². The van der Waals surface area contributed by atoms with Crippen molar-refractivity contribution in [1.82, 2.24) is 39.5 Å². The molecule has 0 saturated carbocycles. The first-order valence-corrected chi connectivity index (χ1v) is 9.46. The smallest absolute Gasteiger partial charge is 0.252 e. The minimum absolute atomic E-state index is 0.0595. The lowest BCUT2D eigenvalue weighted by molar-refractivity contribution is -0.135. The van der Waals surface area contributed by atoms with Crippen molar-refractivity contribution in [3.63, 3.8) is 0 Å². The van der Waals surface area contributed by atoms with Crippen LogP contribution in [-0.2, 0) is 4.79 Å². The lowest BCUT2D eigenvalue weighted by Gasteiger charge is -2.34. The third kappa shape index (κ3) is 2.70. The highest BCUT2D eigenvalue weighted by Crippen LogP contribution is 2.28. The number of para-hydroxylation sites is 1. The summed E-state index contributed by atoms with van der Waals surface area (Å²) in [7, 11) is 0. The second-order valence-corrected chi connectivity index (χ2v) is 7.16. The quantitative estimate of drug-likeness (QED) is 0.541. The maximum absolute atomic E-state index is 13.2. The number of nitrogens with zero attached hydrogens (tertiary/aromatic N) is 8. The highest BCUT2D eigenvalue weighted by atomic mass is 16.2. The van der Waals surface area contributed by atoms with Crippen LogP contribution in [0.3, 0.4) is 0 Å². The average Bonchev–Trinajstić information content (AvgIpc) is 3.39. The summed E-state index contributed by atoms with van der Waals surface area (Å²) in [5.74, 6) is 0.845. The van der Waals surface area contributed by atoms with Gasteiger partial charge in [0, 0.05) is 25.2 Å². The third-order valence-corrected chi connectivity index (χ3v) is 5.46. The molecule has 1 fully saturated rings. The molecule has 1 saturated heterocycles. The zero-order chi connectivity index (χ0) is 19.1. The van der Waals surface area contributed by atoms with Crippen LogP contribution in [0.25, 0.3) is 16.8 Å². The molecule has 4 aromatic rings. The second-order valence-electron chi connectivity index (χ2n) is 7.16. The number of carbonyl (C=O) groups excluding carboxylic acids is 1. The molecule has 1 amide bonds. The monoisotopic (exact) mass is 376 g/mol. The summed E-state index contributed by atoms with van der Waals surface area (Å²) in [6, 6.07) is 9.26. The van der Waals surface area contributed by atoms with Crippen LogP contribution in [0.2, 0.25) is 0 Å². The molecule has 28 heavy (non-hydrogen) atoms. The molecule has 0 radical (unpaired) electrons. The molecule has 0 spiro atoms. The van der Waals surface area contributed by atoms with Crippen LogP contribution in [0.5, 0.6) is 0 Å². The van der Waals surface area contributed by atoms with Gasteiger partial charge in [0.25, 0.3) is 5.78 Å². The molecule has 3 aromatic heterocycles. The van der Waals surface area contributed by atoms with E-state index in [9.17, 15) is 4.79 Å². The van der Waals surface area contributed by atoms with Crippen molar-refractivity contribution in [1.29, 1.82) is 0 Å². The van der Waals surface area contributed by atoms with Gasteiger partial charge in [-0.05, 0) is 38.0 Å². The van der Waals surface area contributed by atoms with E-state index in [1.807, 2.05) is 42.2 Å². The standard InChI is InChI=1S/C19H20N8O/c1-13(26-17-7-3-2-6-15(17)23-24-26)18(28)25-10-4-5-14(11-25)16-8-9-20-19-21-12-22-27(16)19/h2-3,6-9,12-14H,4-5,10-11H2,1H3/t13-,14-/m1/s1. The highest BCUT2D eigenvalue weighted by molar-refractivity contribution is 5.83. The molecule has 1 aliphatic heterocycles. The number of amides is 1. The van der Waals surface area contributed by atoms with E-state index in [2.05, 4.69) is 25.4 Å². The molecule has 1 aromatic carbocycles. The fraction of sp³-hybridized carbons (Fsp3) is 0.368. The molecule has 142 valence electrons. The summed E-state index contributed by atoms with van der Waals surface area (Å²) in [4.78, 5) is 23.5. The number of fused-ring (bicyclic) bond motifs is 2. The van der Waals surface area contributed by atoms with E-state index < -0.39 is 6.04 Å². The number of hydrogen-bond acceptors (Lipinski definition) is 6. The molecule has 5 rings (SSSR count). The zero-order valence-electron chi connectivity index (χ0n) is 15.5. The molecular formula is C19H20N8O. The summed E-state index contributed by atoms with van der Waals surface area (Å²) in [6.07, 6.45) is 5.21. The van der Waals surface area contributed by atoms with Gasteiger partial charge in [-0.25, -0.2) is 14.2 Å². The molecule has 0 N–H and O–H groups in total. The molecule has 2 atom stereocenters. The van der Waals surface area contributed by atoms with Crippen LogP contribution < -0.4 is 0 Å². The summed E-state index contributed by atoms with van der Waals surface area (Å²) >= 11 is 0. The molecule has 4 heterocycles. The SMILES string of the molecule is C[C@H](C(=O)N1CCC[C@@H](c2ccnc3ncnn23)C1)n1nnc2ccccc21. The fourth-order valence-corrected chi connectivity index (χ4v) is 4.03. The largest absolute Gasteiger partial charge is 0.340 e. The Kier molecular flexibility index (Phi) is 4.00. The van der Waals surface area contributed by atoms with Crippen molar-refractivity contribution in [3.05, 3.63) is 48.5 Å². The van der Waals surface area contributed by atoms with Crippen LogP contribution in [0.15, 0.2) is 42.9 Å². The minimum atomic E-state index is -0.407. The van der Waals surface area contributed by atoms with E-state index in [0.717, 1.165) is 36.1 Å². The number of hydrogen-bond donors (Lipinski definition) is 0. The van der Waals surface area contributed by atoms with Gasteiger partial charge in [0.2, 0.25) is 5.91 Å². The Bertz CT molecular complexity index is 1150. The zero-order valence-corrected chi connectivity index (χ0v) is 15.5. The highest BCUT2D eigenvalue weighted by Gasteiger charge is 2.30. The Morgan fingerprint density at radius 2 is 2.11 bits per heavy atom. The Hall–Kier alpha value is -3.36. The summed E-state index contributed by atoms with van der Waals surface area (Å²) < 4.78 is 3.48. The van der Waals surface area contributed by atoms with E-state index in [1.54, 1.807) is 15.4 Å². The number of benzene rings is 1. The van der Waals surface area contributed by atoms with Crippen LogP contribution in [-0.4, -0.2) is 58.5 Å². The predicted molar refractivity (Wildman–Crippen MR) is 102 cm³/mol. The second kappa shape index (κ2) is 6.66. The van der Waals surface area contributed by atoms with Gasteiger partial charge >= 0.3 is 0 Å². The summed E-state index contributed by atoms with van der Waals surface area (Å²) in [6.45, 7) is 3.28.